The maximum absolute atomic E-state index is 3.66. The zero-order valence-electron chi connectivity index (χ0n) is 11.1. The molecule has 0 aliphatic rings. The van der Waals surface area contributed by atoms with E-state index in [2.05, 4.69) is 35.4 Å². The molecule has 0 amide bonds. The molecule has 20 heavy (non-hydrogen) atoms. The van der Waals surface area contributed by atoms with E-state index in [9.17, 15) is 0 Å². The van der Waals surface area contributed by atoms with Crippen LogP contribution in [0.25, 0.3) is 11.1 Å². The van der Waals surface area contributed by atoms with Gasteiger partial charge in [-0.15, -0.1) is 35.9 Å². The van der Waals surface area contributed by atoms with Gasteiger partial charge in [0.05, 0.1) is 0 Å². The standard InChI is InChI=1S/C12H9.C5H4N.2Y/c1-3-7-11(8-4-1)12-9-5-2-6-10-12;1-2-4-6-5-3-1;;/h1-9H;1-4H;;/q2*-1;;. The van der Waals surface area contributed by atoms with Crippen LogP contribution in [0.2, 0.25) is 0 Å². The molecule has 0 aliphatic heterocycles. The Bertz CT molecular complexity index is 478. The molecule has 0 atom stereocenters. The molecule has 1 aromatic heterocycles. The second-order valence-corrected chi connectivity index (χ2v) is 3.60. The normalized spacial score (nSPS) is 8.20. The summed E-state index contributed by atoms with van der Waals surface area (Å²) in [6, 6.07) is 27.0. The summed E-state index contributed by atoms with van der Waals surface area (Å²) in [7, 11) is 0. The molecule has 0 N–H and O–H groups in total. The van der Waals surface area contributed by atoms with Gasteiger partial charge in [-0.2, -0.15) is 18.2 Å². The van der Waals surface area contributed by atoms with Crippen LogP contribution >= 0.6 is 0 Å². The molecule has 0 saturated carbocycles. The summed E-state index contributed by atoms with van der Waals surface area (Å²) in [5.74, 6) is 0. The van der Waals surface area contributed by atoms with Gasteiger partial charge in [0.15, 0.2) is 0 Å². The predicted octanol–water partition coefficient (Wildman–Crippen LogP) is 4.03. The van der Waals surface area contributed by atoms with Crippen molar-refractivity contribution in [3.8, 4) is 11.1 Å². The van der Waals surface area contributed by atoms with Crippen LogP contribution in [0.15, 0.2) is 79.0 Å². The van der Waals surface area contributed by atoms with Crippen molar-refractivity contribution in [3.05, 3.63) is 91.3 Å². The molecule has 2 aromatic carbocycles. The summed E-state index contributed by atoms with van der Waals surface area (Å²) in [6.07, 6.45) is 4.34. The van der Waals surface area contributed by atoms with Crippen molar-refractivity contribution in [2.45, 2.75) is 0 Å². The summed E-state index contributed by atoms with van der Waals surface area (Å²) in [6.45, 7) is 0. The van der Waals surface area contributed by atoms with E-state index in [4.69, 9.17) is 0 Å². The number of hydrogen-bond donors (Lipinski definition) is 0. The zero-order chi connectivity index (χ0) is 12.5. The van der Waals surface area contributed by atoms with Gasteiger partial charge in [-0.1, -0.05) is 48.3 Å². The van der Waals surface area contributed by atoms with Crippen molar-refractivity contribution in [2.24, 2.45) is 0 Å². The second kappa shape index (κ2) is 12.5. The maximum Gasteiger partial charge on any atom is 0 e. The van der Waals surface area contributed by atoms with E-state index in [0.717, 1.165) is 5.56 Å². The van der Waals surface area contributed by atoms with E-state index in [1.54, 1.807) is 12.3 Å². The molecule has 0 fully saturated rings. The van der Waals surface area contributed by atoms with Crippen molar-refractivity contribution in [1.29, 1.82) is 0 Å². The summed E-state index contributed by atoms with van der Waals surface area (Å²) in [5, 5.41) is 0. The van der Waals surface area contributed by atoms with Gasteiger partial charge >= 0.3 is 0 Å². The van der Waals surface area contributed by atoms with E-state index in [1.165, 1.54) is 5.56 Å². The Kier molecular flexibility index (Phi) is 12.4. The van der Waals surface area contributed by atoms with Crippen LogP contribution in [-0.4, -0.2) is 4.98 Å². The van der Waals surface area contributed by atoms with Crippen LogP contribution in [0.4, 0.5) is 0 Å². The molecular weight excluding hydrogens is 396 g/mol. The Hall–Kier alpha value is -0.202. The zero-order valence-corrected chi connectivity index (χ0v) is 16.8. The van der Waals surface area contributed by atoms with E-state index < -0.39 is 0 Å². The molecule has 1 nitrogen and oxygen atoms in total. The number of benzene rings is 2. The van der Waals surface area contributed by atoms with Crippen molar-refractivity contribution < 1.29 is 65.4 Å². The fourth-order valence-corrected chi connectivity index (χ4v) is 1.47. The predicted molar refractivity (Wildman–Crippen MR) is 73.8 cm³/mol. The van der Waals surface area contributed by atoms with E-state index in [1.807, 2.05) is 48.5 Å². The first-order valence-electron chi connectivity index (χ1n) is 5.76. The van der Waals surface area contributed by atoms with Gasteiger partial charge in [0.2, 0.25) is 0 Å². The monoisotopic (exact) mass is 409 g/mol. The van der Waals surface area contributed by atoms with Gasteiger partial charge in [0, 0.05) is 65.4 Å². The number of rotatable bonds is 1. The summed E-state index contributed by atoms with van der Waals surface area (Å²) >= 11 is 0. The Labute approximate surface area is 171 Å². The van der Waals surface area contributed by atoms with Crippen molar-refractivity contribution in [1.82, 2.24) is 4.98 Å². The van der Waals surface area contributed by atoms with Gasteiger partial charge < -0.3 is 4.98 Å². The molecule has 2 radical (unpaired) electrons. The van der Waals surface area contributed by atoms with Gasteiger partial charge in [-0.25, -0.2) is 0 Å². The molecule has 1 heterocycles. The molecule has 0 saturated heterocycles. The van der Waals surface area contributed by atoms with Crippen molar-refractivity contribution in [3.63, 3.8) is 0 Å². The summed E-state index contributed by atoms with van der Waals surface area (Å²) in [5.41, 5.74) is 2.37. The number of aromatic nitrogens is 1. The topological polar surface area (TPSA) is 12.9 Å². The Morgan fingerprint density at radius 3 is 1.85 bits per heavy atom. The fourth-order valence-electron chi connectivity index (χ4n) is 1.47. The van der Waals surface area contributed by atoms with Crippen LogP contribution in [0.1, 0.15) is 0 Å². The Morgan fingerprint density at radius 2 is 1.40 bits per heavy atom. The van der Waals surface area contributed by atoms with Crippen LogP contribution in [-0.2, 0) is 65.4 Å². The minimum absolute atomic E-state index is 0. The number of nitrogens with zero attached hydrogens (tertiary/aromatic N) is 1. The summed E-state index contributed by atoms with van der Waals surface area (Å²) in [4.78, 5) is 3.66. The Balaban J connectivity index is 0.000000390. The van der Waals surface area contributed by atoms with E-state index >= 15 is 0 Å². The largest absolute Gasteiger partial charge is 0.394 e. The molecule has 3 rings (SSSR count). The molecule has 94 valence electrons. The van der Waals surface area contributed by atoms with Crippen LogP contribution < -0.4 is 0 Å². The smallest absolute Gasteiger partial charge is 0 e. The van der Waals surface area contributed by atoms with Crippen LogP contribution in [0.5, 0.6) is 0 Å². The van der Waals surface area contributed by atoms with Crippen molar-refractivity contribution in [2.75, 3.05) is 0 Å². The van der Waals surface area contributed by atoms with Gasteiger partial charge in [0.25, 0.3) is 0 Å². The van der Waals surface area contributed by atoms with Crippen LogP contribution in [0, 0.1) is 12.3 Å². The summed E-state index contributed by atoms with van der Waals surface area (Å²) < 4.78 is 0. The minimum atomic E-state index is 0. The fraction of sp³-hybridized carbons (Fsp3) is 0. The van der Waals surface area contributed by atoms with Gasteiger partial charge in [0.1, 0.15) is 0 Å². The third-order valence-electron chi connectivity index (χ3n) is 2.31. The minimum Gasteiger partial charge on any atom is -0.394 e. The molecule has 0 unspecified atom stereocenters. The first-order chi connectivity index (χ1) is 8.97. The quantitative estimate of drug-likeness (QED) is 0.554. The Morgan fingerprint density at radius 1 is 0.700 bits per heavy atom. The van der Waals surface area contributed by atoms with Gasteiger partial charge in [-0.05, 0) is 0 Å². The molecule has 0 bridgehead atoms. The van der Waals surface area contributed by atoms with E-state index in [0.29, 0.717) is 0 Å². The number of hydrogen-bond acceptors (Lipinski definition) is 1. The van der Waals surface area contributed by atoms with Gasteiger partial charge in [-0.3, -0.25) is 0 Å². The van der Waals surface area contributed by atoms with Crippen LogP contribution in [0.3, 0.4) is 0 Å². The van der Waals surface area contributed by atoms with Crippen molar-refractivity contribution >= 4 is 0 Å². The average molecular weight is 409 g/mol. The third-order valence-corrected chi connectivity index (χ3v) is 2.31. The number of pyridine rings is 1. The first kappa shape index (κ1) is 19.8. The first-order valence-corrected chi connectivity index (χ1v) is 5.76. The molecule has 3 aromatic rings. The molecule has 0 aliphatic carbocycles. The third kappa shape index (κ3) is 7.55. The second-order valence-electron chi connectivity index (χ2n) is 3.60. The molecule has 3 heteroatoms. The SMILES string of the molecule is [Y].[Y].[c-]1ccccc1-c1ccccc1.[c-]1ccccn1. The molecule has 0 spiro atoms. The maximum atomic E-state index is 3.66. The molecular formula is C17H13NY2-2. The van der Waals surface area contributed by atoms with E-state index in [-0.39, 0.29) is 65.4 Å². The average Bonchev–Trinajstić information content (AvgIpc) is 2.51.